The third-order valence-corrected chi connectivity index (χ3v) is 3.86. The van der Waals surface area contributed by atoms with Crippen LogP contribution in [0, 0.1) is 0 Å². The van der Waals surface area contributed by atoms with E-state index in [4.69, 9.17) is 10.5 Å². The molecule has 1 saturated heterocycles. The first kappa shape index (κ1) is 11.9. The first-order chi connectivity index (χ1) is 7.65. The summed E-state index contributed by atoms with van der Waals surface area (Å²) in [6.07, 6.45) is 6.14. The lowest BCUT2D eigenvalue weighted by Crippen LogP contribution is -2.54. The number of hydrogen-bond acceptors (Lipinski definition) is 3. The number of rotatable bonds is 3. The van der Waals surface area contributed by atoms with E-state index in [2.05, 4.69) is 5.32 Å². The topological polar surface area (TPSA) is 64.4 Å². The van der Waals surface area contributed by atoms with Crippen LogP contribution < -0.4 is 11.1 Å². The second-order valence-electron chi connectivity index (χ2n) is 5.19. The maximum Gasteiger partial charge on any atom is 0.249 e. The normalized spacial score (nSPS) is 32.9. The lowest BCUT2D eigenvalue weighted by Gasteiger charge is -2.30. The first-order valence-electron chi connectivity index (χ1n) is 6.33. The minimum Gasteiger partial charge on any atom is -0.365 e. The van der Waals surface area contributed by atoms with E-state index in [0.717, 1.165) is 25.7 Å². The summed E-state index contributed by atoms with van der Waals surface area (Å²) in [5, 5.41) is 3.12. The Bertz CT molecular complexity index is 262. The van der Waals surface area contributed by atoms with E-state index in [1.54, 1.807) is 0 Å². The molecule has 1 aliphatic heterocycles. The Morgan fingerprint density at radius 2 is 2.12 bits per heavy atom. The van der Waals surface area contributed by atoms with E-state index in [9.17, 15) is 4.79 Å². The number of nitrogens with two attached hydrogens (primary N) is 1. The summed E-state index contributed by atoms with van der Waals surface area (Å²) >= 11 is 0. The van der Waals surface area contributed by atoms with Crippen molar-refractivity contribution in [1.82, 2.24) is 5.32 Å². The van der Waals surface area contributed by atoms with Gasteiger partial charge in [-0.25, -0.2) is 0 Å². The standard InChI is InChI=1S/C12H22N2O2/c1-9-4-5-10(16-9)11(15)14-12(8-13)6-2-3-7-12/h9-10H,2-8,13H2,1H3,(H,14,15). The van der Waals surface area contributed by atoms with Gasteiger partial charge in [-0.3, -0.25) is 4.79 Å². The zero-order chi connectivity index (χ0) is 11.6. The van der Waals surface area contributed by atoms with Crippen molar-refractivity contribution >= 4 is 5.91 Å². The molecular weight excluding hydrogens is 204 g/mol. The highest BCUT2D eigenvalue weighted by molar-refractivity contribution is 5.81. The lowest BCUT2D eigenvalue weighted by atomic mass is 9.97. The number of hydrogen-bond donors (Lipinski definition) is 2. The monoisotopic (exact) mass is 226 g/mol. The number of carbonyl (C=O) groups excluding carboxylic acids is 1. The summed E-state index contributed by atoms with van der Waals surface area (Å²) in [6, 6.07) is 0. The van der Waals surface area contributed by atoms with Gasteiger partial charge in [0.25, 0.3) is 0 Å². The van der Waals surface area contributed by atoms with E-state index < -0.39 is 0 Å². The van der Waals surface area contributed by atoms with Crippen molar-refractivity contribution in [3.8, 4) is 0 Å². The molecule has 3 N–H and O–H groups in total. The Morgan fingerprint density at radius 1 is 1.44 bits per heavy atom. The maximum absolute atomic E-state index is 12.0. The molecule has 0 spiro atoms. The van der Waals surface area contributed by atoms with Crippen molar-refractivity contribution in [1.29, 1.82) is 0 Å². The highest BCUT2D eigenvalue weighted by atomic mass is 16.5. The summed E-state index contributed by atoms with van der Waals surface area (Å²) in [6.45, 7) is 2.56. The van der Waals surface area contributed by atoms with E-state index in [0.29, 0.717) is 6.54 Å². The Kier molecular flexibility index (Phi) is 3.50. The maximum atomic E-state index is 12.0. The number of ether oxygens (including phenoxy) is 1. The van der Waals surface area contributed by atoms with Gasteiger partial charge in [-0.05, 0) is 32.6 Å². The largest absolute Gasteiger partial charge is 0.365 e. The quantitative estimate of drug-likeness (QED) is 0.753. The van der Waals surface area contributed by atoms with Gasteiger partial charge >= 0.3 is 0 Å². The van der Waals surface area contributed by atoms with E-state index in [-0.39, 0.29) is 23.7 Å². The van der Waals surface area contributed by atoms with Gasteiger partial charge < -0.3 is 15.8 Å². The molecule has 2 aliphatic rings. The molecule has 1 saturated carbocycles. The molecule has 1 aliphatic carbocycles. The van der Waals surface area contributed by atoms with Crippen LogP contribution in [0.3, 0.4) is 0 Å². The molecule has 2 fully saturated rings. The van der Waals surface area contributed by atoms with Crippen LogP contribution in [-0.2, 0) is 9.53 Å². The van der Waals surface area contributed by atoms with Crippen molar-refractivity contribution < 1.29 is 9.53 Å². The molecule has 2 rings (SSSR count). The van der Waals surface area contributed by atoms with Crippen molar-refractivity contribution in [3.63, 3.8) is 0 Å². The van der Waals surface area contributed by atoms with Crippen molar-refractivity contribution in [2.45, 2.75) is 63.2 Å². The fraction of sp³-hybridized carbons (Fsp3) is 0.917. The van der Waals surface area contributed by atoms with E-state index in [1.165, 1.54) is 12.8 Å². The third kappa shape index (κ3) is 2.38. The van der Waals surface area contributed by atoms with Crippen LogP contribution >= 0.6 is 0 Å². The molecule has 1 amide bonds. The number of carbonyl (C=O) groups is 1. The Morgan fingerprint density at radius 3 is 2.62 bits per heavy atom. The first-order valence-corrected chi connectivity index (χ1v) is 6.33. The fourth-order valence-electron chi connectivity index (χ4n) is 2.77. The van der Waals surface area contributed by atoms with Gasteiger partial charge in [-0.1, -0.05) is 12.8 Å². The minimum atomic E-state index is -0.251. The van der Waals surface area contributed by atoms with Crippen LogP contribution in [0.5, 0.6) is 0 Å². The molecule has 4 heteroatoms. The molecule has 0 aromatic rings. The van der Waals surface area contributed by atoms with Crippen LogP contribution in [0.4, 0.5) is 0 Å². The Hall–Kier alpha value is -0.610. The summed E-state index contributed by atoms with van der Waals surface area (Å²) in [7, 11) is 0. The Labute approximate surface area is 96.9 Å². The molecule has 2 unspecified atom stereocenters. The molecule has 92 valence electrons. The average molecular weight is 226 g/mol. The molecule has 1 heterocycles. The second kappa shape index (κ2) is 4.72. The molecule has 0 aromatic carbocycles. The van der Waals surface area contributed by atoms with Crippen LogP contribution in [0.1, 0.15) is 45.4 Å². The van der Waals surface area contributed by atoms with Crippen molar-refractivity contribution in [2.75, 3.05) is 6.54 Å². The fourth-order valence-corrected chi connectivity index (χ4v) is 2.77. The van der Waals surface area contributed by atoms with Gasteiger partial charge in [-0.15, -0.1) is 0 Å². The minimum absolute atomic E-state index is 0.0386. The van der Waals surface area contributed by atoms with Gasteiger partial charge in [0.15, 0.2) is 0 Å². The zero-order valence-electron chi connectivity index (χ0n) is 10.00. The van der Waals surface area contributed by atoms with Gasteiger partial charge in [0.1, 0.15) is 6.10 Å². The average Bonchev–Trinajstić information content (AvgIpc) is 2.88. The molecule has 4 nitrogen and oxygen atoms in total. The SMILES string of the molecule is CC1CCC(C(=O)NC2(CN)CCCC2)O1. The van der Waals surface area contributed by atoms with Gasteiger partial charge in [0.05, 0.1) is 11.6 Å². The van der Waals surface area contributed by atoms with E-state index >= 15 is 0 Å². The predicted molar refractivity (Wildman–Crippen MR) is 62.0 cm³/mol. The summed E-state index contributed by atoms with van der Waals surface area (Å²) in [5.74, 6) is 0.0386. The van der Waals surface area contributed by atoms with Crippen LogP contribution in [0.2, 0.25) is 0 Å². The lowest BCUT2D eigenvalue weighted by molar-refractivity contribution is -0.133. The van der Waals surface area contributed by atoms with Crippen molar-refractivity contribution in [3.05, 3.63) is 0 Å². The molecule has 0 bridgehead atoms. The van der Waals surface area contributed by atoms with Gasteiger partial charge in [-0.2, -0.15) is 0 Å². The van der Waals surface area contributed by atoms with Crippen LogP contribution in [0.15, 0.2) is 0 Å². The zero-order valence-corrected chi connectivity index (χ0v) is 10.00. The molecule has 0 aromatic heterocycles. The highest BCUT2D eigenvalue weighted by Gasteiger charge is 2.37. The summed E-state index contributed by atoms with van der Waals surface area (Å²) in [4.78, 5) is 12.0. The Balaban J connectivity index is 1.90. The number of nitrogens with one attached hydrogen (secondary N) is 1. The smallest absolute Gasteiger partial charge is 0.249 e. The second-order valence-corrected chi connectivity index (χ2v) is 5.19. The van der Waals surface area contributed by atoms with E-state index in [1.807, 2.05) is 6.92 Å². The highest BCUT2D eigenvalue weighted by Crippen LogP contribution is 2.29. The molecule has 16 heavy (non-hydrogen) atoms. The predicted octanol–water partition coefficient (Wildman–Crippen LogP) is 0.942. The van der Waals surface area contributed by atoms with Crippen molar-refractivity contribution in [2.24, 2.45) is 5.73 Å². The molecular formula is C12H22N2O2. The van der Waals surface area contributed by atoms with Gasteiger partial charge in [0.2, 0.25) is 5.91 Å². The van der Waals surface area contributed by atoms with Crippen LogP contribution in [-0.4, -0.2) is 30.2 Å². The number of amides is 1. The summed E-state index contributed by atoms with van der Waals surface area (Å²) in [5.41, 5.74) is 5.64. The van der Waals surface area contributed by atoms with Crippen LogP contribution in [0.25, 0.3) is 0 Å². The third-order valence-electron chi connectivity index (χ3n) is 3.86. The summed E-state index contributed by atoms with van der Waals surface area (Å²) < 4.78 is 5.57. The molecule has 2 atom stereocenters. The molecule has 0 radical (unpaired) electrons. The van der Waals surface area contributed by atoms with Gasteiger partial charge in [0, 0.05) is 6.54 Å².